The van der Waals surface area contributed by atoms with Crippen molar-refractivity contribution in [3.05, 3.63) is 10.3 Å². The fourth-order valence-corrected chi connectivity index (χ4v) is 2.84. The molecule has 17 heavy (non-hydrogen) atoms. The molecule has 2 rings (SSSR count). The molecule has 0 aliphatic heterocycles. The Morgan fingerprint density at radius 1 is 1.18 bits per heavy atom. The first kappa shape index (κ1) is 12.5. The number of hydrogen-bond donors (Lipinski definition) is 0. The Morgan fingerprint density at radius 3 is 2.53 bits per heavy atom. The Labute approximate surface area is 111 Å². The first-order valence-electron chi connectivity index (χ1n) is 4.61. The molecule has 6 nitrogen and oxygen atoms in total. The molecule has 0 aromatic carbocycles. The van der Waals surface area contributed by atoms with Crippen LogP contribution in [0.15, 0.2) is 9.50 Å². The monoisotopic (exact) mass is 288 g/mol. The molecule has 0 saturated heterocycles. The molecule has 0 bridgehead atoms. The Bertz CT molecular complexity index is 528. The van der Waals surface area contributed by atoms with Gasteiger partial charge in [0.05, 0.1) is 0 Å². The average Bonchev–Trinajstić information content (AvgIpc) is 2.63. The van der Waals surface area contributed by atoms with E-state index >= 15 is 0 Å². The van der Waals surface area contributed by atoms with Crippen LogP contribution >= 0.6 is 34.7 Å². The van der Waals surface area contributed by atoms with Gasteiger partial charge in [-0.25, -0.2) is 0 Å². The van der Waals surface area contributed by atoms with Crippen molar-refractivity contribution in [1.82, 2.24) is 25.1 Å². The maximum atomic E-state index is 5.83. The van der Waals surface area contributed by atoms with E-state index in [4.69, 9.17) is 11.6 Å². The molecule has 0 radical (unpaired) electrons. The molecule has 0 aliphatic carbocycles. The summed E-state index contributed by atoms with van der Waals surface area (Å²) in [6.07, 6.45) is 0. The maximum absolute atomic E-state index is 5.83. The molecule has 0 N–H and O–H groups in total. The molecule has 0 fully saturated rings. The zero-order valence-corrected chi connectivity index (χ0v) is 11.8. The van der Waals surface area contributed by atoms with Gasteiger partial charge in [0, 0.05) is 14.1 Å². The molecule has 2 aromatic rings. The van der Waals surface area contributed by atoms with Crippen LogP contribution < -0.4 is 4.90 Å². The molecule has 9 heteroatoms. The summed E-state index contributed by atoms with van der Waals surface area (Å²) in [7, 11) is 3.68. The minimum absolute atomic E-state index is 0.174. The van der Waals surface area contributed by atoms with E-state index in [0.29, 0.717) is 11.1 Å². The van der Waals surface area contributed by atoms with E-state index in [2.05, 4.69) is 25.1 Å². The van der Waals surface area contributed by atoms with Crippen LogP contribution in [-0.2, 0) is 0 Å². The van der Waals surface area contributed by atoms with Gasteiger partial charge in [0.1, 0.15) is 5.01 Å². The average molecular weight is 289 g/mol. The zero-order valence-electron chi connectivity index (χ0n) is 9.38. The first-order chi connectivity index (χ1) is 8.04. The molecule has 0 amide bonds. The largest absolute Gasteiger partial charge is 0.347 e. The zero-order chi connectivity index (χ0) is 12.4. The first-order valence-corrected chi connectivity index (χ1v) is 6.62. The summed E-state index contributed by atoms with van der Waals surface area (Å²) >= 11 is 8.64. The fraction of sp³-hybridized carbons (Fsp3) is 0.375. The summed E-state index contributed by atoms with van der Waals surface area (Å²) in [5.41, 5.74) is 0. The summed E-state index contributed by atoms with van der Waals surface area (Å²) in [5, 5.41) is 9.51. The third-order valence-electron chi connectivity index (χ3n) is 1.66. The highest BCUT2D eigenvalue weighted by Crippen LogP contribution is 2.28. The van der Waals surface area contributed by atoms with E-state index in [-0.39, 0.29) is 5.28 Å². The van der Waals surface area contributed by atoms with Crippen LogP contribution in [0.1, 0.15) is 5.01 Å². The molecule has 0 atom stereocenters. The van der Waals surface area contributed by atoms with Crippen molar-refractivity contribution >= 4 is 40.6 Å². The Kier molecular flexibility index (Phi) is 3.75. The normalized spacial score (nSPS) is 10.6. The highest BCUT2D eigenvalue weighted by Gasteiger charge is 2.10. The number of hydrogen-bond acceptors (Lipinski definition) is 8. The van der Waals surface area contributed by atoms with Crippen molar-refractivity contribution in [2.24, 2.45) is 0 Å². The van der Waals surface area contributed by atoms with Gasteiger partial charge in [-0.1, -0.05) is 11.3 Å². The summed E-state index contributed by atoms with van der Waals surface area (Å²) in [6.45, 7) is 1.90. The lowest BCUT2D eigenvalue weighted by Crippen LogP contribution is -2.13. The van der Waals surface area contributed by atoms with Gasteiger partial charge in [-0.2, -0.15) is 15.0 Å². The van der Waals surface area contributed by atoms with Crippen molar-refractivity contribution < 1.29 is 0 Å². The van der Waals surface area contributed by atoms with E-state index in [0.717, 1.165) is 9.35 Å². The summed E-state index contributed by atoms with van der Waals surface area (Å²) < 4.78 is 0.787. The molecule has 90 valence electrons. The number of nitrogens with zero attached hydrogens (tertiary/aromatic N) is 6. The van der Waals surface area contributed by atoms with Gasteiger partial charge in [-0.15, -0.1) is 10.2 Å². The molecular weight excluding hydrogens is 280 g/mol. The number of aromatic nitrogens is 5. The van der Waals surface area contributed by atoms with Crippen LogP contribution in [0.5, 0.6) is 0 Å². The van der Waals surface area contributed by atoms with E-state index in [1.807, 2.05) is 21.0 Å². The van der Waals surface area contributed by atoms with Gasteiger partial charge in [0.25, 0.3) is 0 Å². The number of aryl methyl sites for hydroxylation is 1. The van der Waals surface area contributed by atoms with Crippen molar-refractivity contribution in [2.45, 2.75) is 16.4 Å². The summed E-state index contributed by atoms with van der Waals surface area (Å²) in [5.74, 6) is 0.522. The summed E-state index contributed by atoms with van der Waals surface area (Å²) in [6, 6.07) is 0. The third-order valence-corrected chi connectivity index (χ3v) is 3.59. The van der Waals surface area contributed by atoms with E-state index < -0.39 is 0 Å². The lowest BCUT2D eigenvalue weighted by atomic mass is 10.8. The van der Waals surface area contributed by atoms with E-state index in [1.165, 1.54) is 23.1 Å². The number of halogens is 1. The molecule has 0 aliphatic rings. The van der Waals surface area contributed by atoms with Gasteiger partial charge < -0.3 is 4.90 Å². The minimum atomic E-state index is 0.174. The third kappa shape index (κ3) is 3.24. The smallest absolute Gasteiger partial charge is 0.230 e. The maximum Gasteiger partial charge on any atom is 0.230 e. The fourth-order valence-electron chi connectivity index (χ4n) is 0.965. The summed E-state index contributed by atoms with van der Waals surface area (Å²) in [4.78, 5) is 14.1. The Hall–Kier alpha value is -0.990. The molecule has 2 aromatic heterocycles. The van der Waals surface area contributed by atoms with Crippen LogP contribution in [0.3, 0.4) is 0 Å². The van der Waals surface area contributed by atoms with Gasteiger partial charge in [-0.3, -0.25) is 0 Å². The van der Waals surface area contributed by atoms with Gasteiger partial charge in [-0.05, 0) is 30.3 Å². The van der Waals surface area contributed by atoms with E-state index in [9.17, 15) is 0 Å². The predicted molar refractivity (Wildman–Crippen MR) is 67.9 cm³/mol. The van der Waals surface area contributed by atoms with Crippen LogP contribution in [0.2, 0.25) is 5.28 Å². The van der Waals surface area contributed by atoms with Crippen LogP contribution in [0.25, 0.3) is 0 Å². The molecular formula is C8H9ClN6S2. The van der Waals surface area contributed by atoms with Crippen molar-refractivity contribution in [1.29, 1.82) is 0 Å². The second kappa shape index (κ2) is 5.11. The predicted octanol–water partition coefficient (Wildman–Crippen LogP) is 1.90. The second-order valence-corrected chi connectivity index (χ2v) is 6.00. The standard InChI is InChI=1S/C8H9ClN6S2/c1-4-13-14-8(16-4)17-7-11-5(9)10-6(12-7)15(2)3/h1-3H3. The van der Waals surface area contributed by atoms with E-state index in [1.54, 1.807) is 4.90 Å². The minimum Gasteiger partial charge on any atom is -0.347 e. The SMILES string of the molecule is Cc1nnc(Sc2nc(Cl)nc(N(C)C)n2)s1. The quantitative estimate of drug-likeness (QED) is 0.854. The topological polar surface area (TPSA) is 67.7 Å². The van der Waals surface area contributed by atoms with Crippen LogP contribution in [0.4, 0.5) is 5.95 Å². The van der Waals surface area contributed by atoms with Gasteiger partial charge >= 0.3 is 0 Å². The second-order valence-electron chi connectivity index (χ2n) is 3.27. The number of anilines is 1. The van der Waals surface area contributed by atoms with Gasteiger partial charge in [0.15, 0.2) is 4.34 Å². The molecule has 0 saturated carbocycles. The lowest BCUT2D eigenvalue weighted by Gasteiger charge is -2.09. The van der Waals surface area contributed by atoms with Crippen molar-refractivity contribution in [3.8, 4) is 0 Å². The van der Waals surface area contributed by atoms with Crippen LogP contribution in [-0.4, -0.2) is 39.2 Å². The Balaban J connectivity index is 2.26. The number of rotatable bonds is 3. The van der Waals surface area contributed by atoms with Crippen LogP contribution in [0, 0.1) is 6.92 Å². The van der Waals surface area contributed by atoms with Crippen molar-refractivity contribution in [3.63, 3.8) is 0 Å². The highest BCUT2D eigenvalue weighted by molar-refractivity contribution is 8.00. The lowest BCUT2D eigenvalue weighted by molar-refractivity contribution is 0.863. The van der Waals surface area contributed by atoms with Gasteiger partial charge in [0.2, 0.25) is 16.4 Å². The van der Waals surface area contributed by atoms with Crippen molar-refractivity contribution in [2.75, 3.05) is 19.0 Å². The molecule has 0 unspecified atom stereocenters. The Morgan fingerprint density at radius 2 is 1.94 bits per heavy atom. The molecule has 2 heterocycles. The molecule has 0 spiro atoms. The highest BCUT2D eigenvalue weighted by atomic mass is 35.5.